The Morgan fingerprint density at radius 3 is 2.42 bits per heavy atom. The number of benzene rings is 1. The zero-order chi connectivity index (χ0) is 14.0. The molecule has 0 aliphatic heterocycles. The molecule has 0 radical (unpaired) electrons. The Kier molecular flexibility index (Phi) is 3.56. The maximum atomic E-state index is 4.49. The molecular weight excluding hydrogens is 234 g/mol. The van der Waals surface area contributed by atoms with E-state index < -0.39 is 0 Å². The summed E-state index contributed by atoms with van der Waals surface area (Å²) >= 11 is 0. The second-order valence-electron chi connectivity index (χ2n) is 5.80. The molecule has 1 heterocycles. The molecule has 1 aromatic heterocycles. The quantitative estimate of drug-likeness (QED) is 0.887. The number of rotatable bonds is 2. The molecule has 0 atom stereocenters. The van der Waals surface area contributed by atoms with Crippen LogP contribution in [0.15, 0.2) is 30.5 Å². The Balaban J connectivity index is 2.46. The Labute approximate surface area is 115 Å². The van der Waals surface area contributed by atoms with Gasteiger partial charge in [0.2, 0.25) is 5.95 Å². The predicted octanol–water partition coefficient (Wildman–Crippen LogP) is 3.79. The van der Waals surface area contributed by atoms with Crippen LogP contribution in [0.5, 0.6) is 0 Å². The molecule has 3 nitrogen and oxygen atoms in total. The molecule has 0 fully saturated rings. The molecule has 0 spiro atoms. The van der Waals surface area contributed by atoms with Crippen LogP contribution < -0.4 is 5.32 Å². The van der Waals surface area contributed by atoms with Gasteiger partial charge in [0.05, 0.1) is 5.69 Å². The van der Waals surface area contributed by atoms with Crippen molar-refractivity contribution in [3.05, 3.63) is 41.6 Å². The van der Waals surface area contributed by atoms with Crippen LogP contribution in [-0.2, 0) is 5.41 Å². The van der Waals surface area contributed by atoms with Gasteiger partial charge in [-0.25, -0.2) is 9.97 Å². The van der Waals surface area contributed by atoms with Crippen molar-refractivity contribution in [2.75, 3.05) is 12.4 Å². The summed E-state index contributed by atoms with van der Waals surface area (Å²) in [5.41, 5.74) is 4.87. The van der Waals surface area contributed by atoms with Gasteiger partial charge in [-0.3, -0.25) is 0 Å². The maximum Gasteiger partial charge on any atom is 0.222 e. The fraction of sp³-hybridized carbons (Fsp3) is 0.375. The maximum absolute atomic E-state index is 4.49. The van der Waals surface area contributed by atoms with Crippen LogP contribution in [0, 0.1) is 6.92 Å². The minimum Gasteiger partial charge on any atom is -0.357 e. The molecule has 0 saturated heterocycles. The normalized spacial score (nSPS) is 11.4. The van der Waals surface area contributed by atoms with Crippen molar-refractivity contribution in [2.45, 2.75) is 33.1 Å². The summed E-state index contributed by atoms with van der Waals surface area (Å²) < 4.78 is 0. The number of hydrogen-bond acceptors (Lipinski definition) is 3. The lowest BCUT2D eigenvalue weighted by Crippen LogP contribution is -2.11. The van der Waals surface area contributed by atoms with Crippen LogP contribution in [0.3, 0.4) is 0 Å². The van der Waals surface area contributed by atoms with Crippen LogP contribution in [0.25, 0.3) is 11.3 Å². The van der Waals surface area contributed by atoms with E-state index in [-0.39, 0.29) is 5.41 Å². The lowest BCUT2D eigenvalue weighted by atomic mass is 9.85. The highest BCUT2D eigenvalue weighted by molar-refractivity contribution is 5.65. The van der Waals surface area contributed by atoms with Gasteiger partial charge in [-0.15, -0.1) is 0 Å². The molecule has 3 heteroatoms. The Hall–Kier alpha value is -1.90. The summed E-state index contributed by atoms with van der Waals surface area (Å²) in [4.78, 5) is 8.64. The van der Waals surface area contributed by atoms with E-state index in [1.807, 2.05) is 13.1 Å². The molecular formula is C16H21N3. The lowest BCUT2D eigenvalue weighted by molar-refractivity contribution is 0.590. The molecule has 19 heavy (non-hydrogen) atoms. The molecule has 0 aliphatic carbocycles. The molecule has 0 unspecified atom stereocenters. The second-order valence-corrected chi connectivity index (χ2v) is 5.80. The molecule has 0 aliphatic rings. The van der Waals surface area contributed by atoms with E-state index >= 15 is 0 Å². The van der Waals surface area contributed by atoms with Crippen molar-refractivity contribution in [3.63, 3.8) is 0 Å². The topological polar surface area (TPSA) is 37.8 Å². The summed E-state index contributed by atoms with van der Waals surface area (Å²) in [6.07, 6.45) is 1.78. The molecule has 1 N–H and O–H groups in total. The third-order valence-corrected chi connectivity index (χ3v) is 3.25. The Morgan fingerprint density at radius 1 is 1.11 bits per heavy atom. The van der Waals surface area contributed by atoms with E-state index in [2.05, 4.69) is 61.2 Å². The van der Waals surface area contributed by atoms with E-state index in [0.29, 0.717) is 5.95 Å². The molecule has 0 saturated carbocycles. The minimum absolute atomic E-state index is 0.172. The molecule has 1 aromatic carbocycles. The lowest BCUT2D eigenvalue weighted by Gasteiger charge is -2.20. The Morgan fingerprint density at radius 2 is 1.84 bits per heavy atom. The van der Waals surface area contributed by atoms with Crippen molar-refractivity contribution < 1.29 is 0 Å². The van der Waals surface area contributed by atoms with Crippen molar-refractivity contribution in [1.82, 2.24) is 9.97 Å². The minimum atomic E-state index is 0.172. The van der Waals surface area contributed by atoms with Crippen molar-refractivity contribution in [1.29, 1.82) is 0 Å². The number of aryl methyl sites for hydroxylation is 1. The number of nitrogens with one attached hydrogen (secondary N) is 1. The summed E-state index contributed by atoms with van der Waals surface area (Å²) in [7, 11) is 1.83. The van der Waals surface area contributed by atoms with Crippen LogP contribution in [0.2, 0.25) is 0 Å². The van der Waals surface area contributed by atoms with Crippen LogP contribution in [-0.4, -0.2) is 17.0 Å². The highest BCUT2D eigenvalue weighted by Gasteiger charge is 2.15. The molecule has 0 amide bonds. The molecule has 100 valence electrons. The first-order chi connectivity index (χ1) is 8.91. The van der Waals surface area contributed by atoms with Crippen LogP contribution >= 0.6 is 0 Å². The third-order valence-electron chi connectivity index (χ3n) is 3.25. The van der Waals surface area contributed by atoms with Gasteiger partial charge in [0.25, 0.3) is 0 Å². The molecule has 0 bridgehead atoms. The number of aromatic nitrogens is 2. The first-order valence-electron chi connectivity index (χ1n) is 6.54. The van der Waals surface area contributed by atoms with Gasteiger partial charge >= 0.3 is 0 Å². The van der Waals surface area contributed by atoms with Crippen molar-refractivity contribution >= 4 is 5.95 Å². The SMILES string of the molecule is CNc1nccc(-c2ccc(C(C)(C)C)cc2C)n1. The van der Waals surface area contributed by atoms with Gasteiger partial charge in [-0.1, -0.05) is 39.0 Å². The van der Waals surface area contributed by atoms with Gasteiger partial charge < -0.3 is 5.32 Å². The van der Waals surface area contributed by atoms with E-state index in [9.17, 15) is 0 Å². The second kappa shape index (κ2) is 5.00. The van der Waals surface area contributed by atoms with E-state index in [1.165, 1.54) is 11.1 Å². The smallest absolute Gasteiger partial charge is 0.222 e. The van der Waals surface area contributed by atoms with E-state index in [0.717, 1.165) is 11.3 Å². The van der Waals surface area contributed by atoms with Crippen LogP contribution in [0.1, 0.15) is 31.9 Å². The van der Waals surface area contributed by atoms with E-state index in [1.54, 1.807) is 6.20 Å². The Bertz CT molecular complexity index is 583. The van der Waals surface area contributed by atoms with Gasteiger partial charge in [0.15, 0.2) is 0 Å². The summed E-state index contributed by atoms with van der Waals surface area (Å²) in [5, 5.41) is 2.97. The highest BCUT2D eigenvalue weighted by atomic mass is 15.1. The zero-order valence-electron chi connectivity index (χ0n) is 12.3. The van der Waals surface area contributed by atoms with Gasteiger partial charge in [0, 0.05) is 18.8 Å². The average molecular weight is 255 g/mol. The standard InChI is InChI=1S/C16H21N3/c1-11-10-12(16(2,3)4)6-7-13(11)14-8-9-18-15(17-5)19-14/h6-10H,1-5H3,(H,17,18,19). The van der Waals surface area contributed by atoms with Gasteiger partial charge in [-0.2, -0.15) is 0 Å². The van der Waals surface area contributed by atoms with Crippen molar-refractivity contribution in [3.8, 4) is 11.3 Å². The van der Waals surface area contributed by atoms with E-state index in [4.69, 9.17) is 0 Å². The largest absolute Gasteiger partial charge is 0.357 e. The highest BCUT2D eigenvalue weighted by Crippen LogP contribution is 2.28. The molecule has 2 aromatic rings. The fourth-order valence-electron chi connectivity index (χ4n) is 2.05. The monoisotopic (exact) mass is 255 g/mol. The number of hydrogen-bond donors (Lipinski definition) is 1. The van der Waals surface area contributed by atoms with Gasteiger partial charge in [0.1, 0.15) is 0 Å². The predicted molar refractivity (Wildman–Crippen MR) is 80.5 cm³/mol. The fourth-order valence-corrected chi connectivity index (χ4v) is 2.05. The number of nitrogens with zero attached hydrogens (tertiary/aromatic N) is 2. The van der Waals surface area contributed by atoms with Crippen LogP contribution in [0.4, 0.5) is 5.95 Å². The summed E-state index contributed by atoms with van der Waals surface area (Å²) in [6, 6.07) is 8.53. The average Bonchev–Trinajstić information content (AvgIpc) is 2.37. The molecule has 2 rings (SSSR count). The summed E-state index contributed by atoms with van der Waals surface area (Å²) in [5.74, 6) is 0.650. The van der Waals surface area contributed by atoms with Crippen molar-refractivity contribution in [2.24, 2.45) is 0 Å². The van der Waals surface area contributed by atoms with Gasteiger partial charge in [-0.05, 0) is 29.5 Å². The number of anilines is 1. The zero-order valence-corrected chi connectivity index (χ0v) is 12.3. The third kappa shape index (κ3) is 2.92. The first kappa shape index (κ1) is 13.5. The summed E-state index contributed by atoms with van der Waals surface area (Å²) in [6.45, 7) is 8.81. The first-order valence-corrected chi connectivity index (χ1v) is 6.54.